The summed E-state index contributed by atoms with van der Waals surface area (Å²) in [4.78, 5) is 26.0. The minimum Gasteiger partial charge on any atom is -0.379 e. The van der Waals surface area contributed by atoms with E-state index in [-0.39, 0.29) is 23.5 Å². The number of nitrogens with one attached hydrogen (secondary N) is 1. The van der Waals surface area contributed by atoms with Crippen molar-refractivity contribution in [3.8, 4) is 0 Å². The van der Waals surface area contributed by atoms with Crippen LogP contribution in [-0.4, -0.2) is 50.8 Å². The maximum Gasteiger partial charge on any atom is 0.256 e. The van der Waals surface area contributed by atoms with Crippen molar-refractivity contribution in [3.05, 3.63) is 45.8 Å². The highest BCUT2D eigenvalue weighted by atomic mass is 32.2. The first-order valence-electron chi connectivity index (χ1n) is 9.81. The normalized spacial score (nSPS) is 17.3. The van der Waals surface area contributed by atoms with Crippen LogP contribution in [0.2, 0.25) is 0 Å². The van der Waals surface area contributed by atoms with Gasteiger partial charge in [0.05, 0.1) is 23.7 Å². The highest BCUT2D eigenvalue weighted by molar-refractivity contribution is 7.89. The molecule has 1 saturated heterocycles. The van der Waals surface area contributed by atoms with E-state index in [0.29, 0.717) is 23.8 Å². The van der Waals surface area contributed by atoms with Crippen LogP contribution in [0.4, 0.5) is 5.00 Å². The van der Waals surface area contributed by atoms with Gasteiger partial charge in [-0.1, -0.05) is 6.07 Å². The van der Waals surface area contributed by atoms with Gasteiger partial charge in [0, 0.05) is 23.5 Å². The molecule has 2 aliphatic rings. The zero-order valence-corrected chi connectivity index (χ0v) is 18.0. The molecule has 0 unspecified atom stereocenters. The summed E-state index contributed by atoms with van der Waals surface area (Å²) in [5.74, 6) is -1.04. The molecule has 2 heterocycles. The summed E-state index contributed by atoms with van der Waals surface area (Å²) in [6.07, 6.45) is 3.66. The van der Waals surface area contributed by atoms with Gasteiger partial charge in [-0.15, -0.1) is 11.3 Å². The molecule has 1 aliphatic heterocycles. The highest BCUT2D eigenvalue weighted by Crippen LogP contribution is 2.38. The summed E-state index contributed by atoms with van der Waals surface area (Å²) in [6.45, 7) is 1.25. The molecule has 0 saturated carbocycles. The number of ether oxygens (including phenoxy) is 1. The summed E-state index contributed by atoms with van der Waals surface area (Å²) in [5.41, 5.74) is 7.09. The molecule has 2 aromatic rings. The van der Waals surface area contributed by atoms with E-state index in [1.165, 1.54) is 33.8 Å². The van der Waals surface area contributed by atoms with Crippen molar-refractivity contribution >= 4 is 38.2 Å². The van der Waals surface area contributed by atoms with Crippen molar-refractivity contribution < 1.29 is 22.7 Å². The van der Waals surface area contributed by atoms with Gasteiger partial charge in [-0.25, -0.2) is 8.42 Å². The second-order valence-electron chi connectivity index (χ2n) is 7.28. The summed E-state index contributed by atoms with van der Waals surface area (Å²) >= 11 is 1.37. The number of anilines is 1. The van der Waals surface area contributed by atoms with Gasteiger partial charge in [-0.2, -0.15) is 4.31 Å². The number of sulfonamides is 1. The van der Waals surface area contributed by atoms with E-state index < -0.39 is 21.8 Å². The molecule has 1 aromatic carbocycles. The SMILES string of the molecule is NC(=O)c1c(NC(=O)c2cccc(S(=O)(=O)N3CCOCC3)c2)sc2c1CCCC2. The molecular weight excluding hydrogens is 426 g/mol. The van der Waals surface area contributed by atoms with E-state index in [1.54, 1.807) is 6.07 Å². The molecule has 0 bridgehead atoms. The summed E-state index contributed by atoms with van der Waals surface area (Å²) < 4.78 is 32.3. The van der Waals surface area contributed by atoms with Crippen LogP contribution in [0.3, 0.4) is 0 Å². The van der Waals surface area contributed by atoms with Crippen molar-refractivity contribution in [2.45, 2.75) is 30.6 Å². The van der Waals surface area contributed by atoms with E-state index >= 15 is 0 Å². The topological polar surface area (TPSA) is 119 Å². The third kappa shape index (κ3) is 4.00. The Kier molecular flexibility index (Phi) is 5.92. The maximum absolute atomic E-state index is 12.9. The fraction of sp³-hybridized carbons (Fsp3) is 0.400. The largest absolute Gasteiger partial charge is 0.379 e. The number of thiophene rings is 1. The number of carbonyl (C=O) groups excluding carboxylic acids is 2. The van der Waals surface area contributed by atoms with Crippen LogP contribution in [-0.2, 0) is 27.6 Å². The molecule has 160 valence electrons. The van der Waals surface area contributed by atoms with Gasteiger partial charge in [-0.05, 0) is 49.4 Å². The van der Waals surface area contributed by atoms with Gasteiger partial charge < -0.3 is 15.8 Å². The highest BCUT2D eigenvalue weighted by Gasteiger charge is 2.28. The van der Waals surface area contributed by atoms with E-state index in [9.17, 15) is 18.0 Å². The van der Waals surface area contributed by atoms with Crippen molar-refractivity contribution in [3.63, 3.8) is 0 Å². The van der Waals surface area contributed by atoms with Gasteiger partial charge in [0.25, 0.3) is 11.8 Å². The molecule has 1 aliphatic carbocycles. The molecular formula is C20H23N3O5S2. The lowest BCUT2D eigenvalue weighted by atomic mass is 9.95. The van der Waals surface area contributed by atoms with Crippen LogP contribution in [0, 0.1) is 0 Å². The molecule has 4 rings (SSSR count). The van der Waals surface area contributed by atoms with E-state index in [1.807, 2.05) is 0 Å². The summed E-state index contributed by atoms with van der Waals surface area (Å²) in [6, 6.07) is 5.92. The Morgan fingerprint density at radius 1 is 1.13 bits per heavy atom. The first kappa shape index (κ1) is 21.0. The van der Waals surface area contributed by atoms with E-state index in [4.69, 9.17) is 10.5 Å². The van der Waals surface area contributed by atoms with E-state index in [0.717, 1.165) is 36.1 Å². The first-order chi connectivity index (χ1) is 14.4. The molecule has 0 spiro atoms. The standard InChI is InChI=1S/C20H23N3O5S2/c21-18(24)17-15-6-1-2-7-16(15)29-20(17)22-19(25)13-4-3-5-14(12-13)30(26,27)23-8-10-28-11-9-23/h3-5,12H,1-2,6-11H2,(H2,21,24)(H,22,25). The monoisotopic (exact) mass is 449 g/mol. The Hall–Kier alpha value is -2.27. The maximum atomic E-state index is 12.9. The summed E-state index contributed by atoms with van der Waals surface area (Å²) in [7, 11) is -3.71. The van der Waals surface area contributed by atoms with Gasteiger partial charge in [0.1, 0.15) is 5.00 Å². The number of fused-ring (bicyclic) bond motifs is 1. The average Bonchev–Trinajstić information content (AvgIpc) is 3.12. The minimum atomic E-state index is -3.71. The van der Waals surface area contributed by atoms with Crippen LogP contribution < -0.4 is 11.1 Å². The lowest BCUT2D eigenvalue weighted by Gasteiger charge is -2.26. The molecule has 1 aromatic heterocycles. The van der Waals surface area contributed by atoms with Crippen LogP contribution in [0.25, 0.3) is 0 Å². The molecule has 1 fully saturated rings. The first-order valence-corrected chi connectivity index (χ1v) is 12.1. The predicted octanol–water partition coefficient (Wildman–Crippen LogP) is 2.00. The number of aryl methyl sites for hydroxylation is 1. The number of morpholine rings is 1. The lowest BCUT2D eigenvalue weighted by Crippen LogP contribution is -2.40. The quantitative estimate of drug-likeness (QED) is 0.724. The van der Waals surface area contributed by atoms with E-state index in [2.05, 4.69) is 5.32 Å². The van der Waals surface area contributed by atoms with Crippen LogP contribution in [0.15, 0.2) is 29.2 Å². The number of rotatable bonds is 5. The molecule has 2 amide bonds. The van der Waals surface area contributed by atoms with Gasteiger partial charge in [0.2, 0.25) is 10.0 Å². The second-order valence-corrected chi connectivity index (χ2v) is 10.3. The Bertz CT molecular complexity index is 1090. The molecule has 8 nitrogen and oxygen atoms in total. The molecule has 0 atom stereocenters. The predicted molar refractivity (Wildman–Crippen MR) is 113 cm³/mol. The zero-order chi connectivity index (χ0) is 21.3. The number of carbonyl (C=O) groups is 2. The Labute approximate surface area is 179 Å². The zero-order valence-electron chi connectivity index (χ0n) is 16.3. The average molecular weight is 450 g/mol. The molecule has 10 heteroatoms. The third-order valence-electron chi connectivity index (χ3n) is 5.35. The van der Waals surface area contributed by atoms with Crippen molar-refractivity contribution in [1.82, 2.24) is 4.31 Å². The molecule has 30 heavy (non-hydrogen) atoms. The fourth-order valence-electron chi connectivity index (χ4n) is 3.82. The number of hydrogen-bond acceptors (Lipinski definition) is 6. The van der Waals surface area contributed by atoms with Gasteiger partial charge >= 0.3 is 0 Å². The minimum absolute atomic E-state index is 0.0534. The number of nitrogens with two attached hydrogens (primary N) is 1. The van der Waals surface area contributed by atoms with Crippen LogP contribution in [0.1, 0.15) is 44.0 Å². The smallest absolute Gasteiger partial charge is 0.256 e. The van der Waals surface area contributed by atoms with Gasteiger partial charge in [0.15, 0.2) is 0 Å². The number of nitrogens with zero attached hydrogens (tertiary/aromatic N) is 1. The fourth-order valence-corrected chi connectivity index (χ4v) is 6.57. The second kappa shape index (κ2) is 8.46. The number of hydrogen-bond donors (Lipinski definition) is 2. The molecule has 3 N–H and O–H groups in total. The lowest BCUT2D eigenvalue weighted by molar-refractivity contribution is 0.0730. The van der Waals surface area contributed by atoms with Gasteiger partial charge in [-0.3, -0.25) is 9.59 Å². The Morgan fingerprint density at radius 2 is 1.87 bits per heavy atom. The van der Waals surface area contributed by atoms with Crippen molar-refractivity contribution in [2.75, 3.05) is 31.6 Å². The third-order valence-corrected chi connectivity index (χ3v) is 8.45. The van der Waals surface area contributed by atoms with Crippen molar-refractivity contribution in [2.24, 2.45) is 5.73 Å². The molecule has 0 radical (unpaired) electrons. The van der Waals surface area contributed by atoms with Crippen LogP contribution in [0.5, 0.6) is 0 Å². The Balaban J connectivity index is 1.60. The van der Waals surface area contributed by atoms with Crippen LogP contribution >= 0.6 is 11.3 Å². The number of primary amides is 1. The number of amides is 2. The number of benzene rings is 1. The Morgan fingerprint density at radius 3 is 2.60 bits per heavy atom. The summed E-state index contributed by atoms with van der Waals surface area (Å²) in [5, 5.41) is 3.21. The van der Waals surface area contributed by atoms with Crippen molar-refractivity contribution in [1.29, 1.82) is 0 Å².